The van der Waals surface area contributed by atoms with Gasteiger partial charge in [-0.15, -0.1) is 21.5 Å². The van der Waals surface area contributed by atoms with Gasteiger partial charge in [0.2, 0.25) is 0 Å². The molecule has 0 bridgehead atoms. The Hall–Kier alpha value is -1.50. The molecule has 2 N–H and O–H groups in total. The Balaban J connectivity index is 1.98. The Kier molecular flexibility index (Phi) is 2.40. The van der Waals surface area contributed by atoms with Crippen molar-refractivity contribution in [1.82, 2.24) is 25.6 Å². The van der Waals surface area contributed by atoms with Crippen LogP contribution in [0.3, 0.4) is 0 Å². The first-order valence-electron chi connectivity index (χ1n) is 4.16. The van der Waals surface area contributed by atoms with Crippen LogP contribution in [0.25, 0.3) is 0 Å². The zero-order valence-electron chi connectivity index (χ0n) is 7.90. The fourth-order valence-electron chi connectivity index (χ4n) is 0.960. The molecule has 0 spiro atoms. The number of tetrazole rings is 1. The Morgan fingerprint density at radius 2 is 2.29 bits per heavy atom. The minimum atomic E-state index is 0.545. The summed E-state index contributed by atoms with van der Waals surface area (Å²) in [5.74, 6) is 0.635. The lowest BCUT2D eigenvalue weighted by Crippen LogP contribution is -2.00. The smallest absolute Gasteiger partial charge is 0.193 e. The molecule has 74 valence electrons. The first-order chi connectivity index (χ1) is 6.75. The van der Waals surface area contributed by atoms with E-state index in [1.54, 1.807) is 11.3 Å². The Morgan fingerprint density at radius 3 is 2.86 bits per heavy atom. The molecule has 2 aromatic rings. The number of hydrogen-bond acceptors (Lipinski definition) is 6. The summed E-state index contributed by atoms with van der Waals surface area (Å²) < 4.78 is 0. The number of aryl methyl sites for hydroxylation is 2. The number of hydrogen-bond donors (Lipinski definition) is 2. The van der Waals surface area contributed by atoms with Crippen LogP contribution in [0, 0.1) is 13.8 Å². The Bertz CT molecular complexity index is 386. The van der Waals surface area contributed by atoms with Crippen LogP contribution in [0.15, 0.2) is 0 Å². The van der Waals surface area contributed by atoms with E-state index in [2.05, 4.69) is 30.9 Å². The molecular weight excluding hydrogens is 200 g/mol. The van der Waals surface area contributed by atoms with Crippen LogP contribution in [-0.2, 0) is 6.54 Å². The van der Waals surface area contributed by atoms with E-state index in [4.69, 9.17) is 0 Å². The van der Waals surface area contributed by atoms with Crippen molar-refractivity contribution in [2.24, 2.45) is 0 Å². The minimum absolute atomic E-state index is 0.545. The van der Waals surface area contributed by atoms with Gasteiger partial charge in [0.1, 0.15) is 0 Å². The zero-order valence-corrected chi connectivity index (χ0v) is 8.72. The maximum Gasteiger partial charge on any atom is 0.193 e. The third-order valence-electron chi connectivity index (χ3n) is 1.82. The number of nitrogens with one attached hydrogen (secondary N) is 2. The van der Waals surface area contributed by atoms with Gasteiger partial charge in [0, 0.05) is 4.88 Å². The Labute approximate surface area is 84.8 Å². The van der Waals surface area contributed by atoms with E-state index in [0.29, 0.717) is 12.4 Å². The maximum atomic E-state index is 4.33. The minimum Gasteiger partial charge on any atom is -0.354 e. The van der Waals surface area contributed by atoms with Crippen LogP contribution in [0.1, 0.15) is 16.4 Å². The van der Waals surface area contributed by atoms with Gasteiger partial charge < -0.3 is 5.32 Å². The molecule has 0 aliphatic heterocycles. The van der Waals surface area contributed by atoms with Gasteiger partial charge in [0.15, 0.2) is 11.0 Å². The normalized spacial score (nSPS) is 10.4. The third kappa shape index (κ3) is 1.87. The number of aromatic nitrogens is 5. The van der Waals surface area contributed by atoms with Gasteiger partial charge in [-0.1, -0.05) is 5.21 Å². The van der Waals surface area contributed by atoms with Crippen LogP contribution >= 0.6 is 11.3 Å². The number of aromatic amines is 1. The van der Waals surface area contributed by atoms with Crippen LogP contribution in [0.4, 0.5) is 5.13 Å². The largest absolute Gasteiger partial charge is 0.354 e. The molecule has 14 heavy (non-hydrogen) atoms. The fourth-order valence-corrected chi connectivity index (χ4v) is 1.77. The fraction of sp³-hybridized carbons (Fsp3) is 0.429. The average molecular weight is 210 g/mol. The number of anilines is 1. The molecule has 0 atom stereocenters. The SMILES string of the molecule is Cc1nc(NCc2nn[nH]n2)sc1C. The number of thiazole rings is 1. The van der Waals surface area contributed by atoms with E-state index in [9.17, 15) is 0 Å². The number of nitrogens with zero attached hydrogens (tertiary/aromatic N) is 4. The van der Waals surface area contributed by atoms with Gasteiger partial charge in [-0.25, -0.2) is 4.98 Å². The van der Waals surface area contributed by atoms with Crippen molar-refractivity contribution in [2.75, 3.05) is 5.32 Å². The molecule has 0 unspecified atom stereocenters. The van der Waals surface area contributed by atoms with Crippen molar-refractivity contribution in [3.05, 3.63) is 16.4 Å². The van der Waals surface area contributed by atoms with Crippen molar-refractivity contribution in [1.29, 1.82) is 0 Å². The van der Waals surface area contributed by atoms with Crippen LogP contribution < -0.4 is 5.32 Å². The van der Waals surface area contributed by atoms with Gasteiger partial charge >= 0.3 is 0 Å². The van der Waals surface area contributed by atoms with E-state index in [1.807, 2.05) is 13.8 Å². The summed E-state index contributed by atoms with van der Waals surface area (Å²) in [4.78, 5) is 5.55. The molecule has 6 nitrogen and oxygen atoms in total. The van der Waals surface area contributed by atoms with Gasteiger partial charge in [0.05, 0.1) is 12.2 Å². The van der Waals surface area contributed by atoms with E-state index < -0.39 is 0 Å². The summed E-state index contributed by atoms with van der Waals surface area (Å²) in [7, 11) is 0. The summed E-state index contributed by atoms with van der Waals surface area (Å²) in [5.41, 5.74) is 1.06. The third-order valence-corrected chi connectivity index (χ3v) is 2.85. The van der Waals surface area contributed by atoms with Gasteiger partial charge in [0.25, 0.3) is 0 Å². The standard InChI is InChI=1S/C7H10N6S/c1-4-5(2)14-7(9-4)8-3-6-10-12-13-11-6/h3H2,1-2H3,(H,8,9)(H,10,11,12,13). The van der Waals surface area contributed by atoms with Crippen LogP contribution in [0.2, 0.25) is 0 Å². The molecule has 0 aliphatic rings. The van der Waals surface area contributed by atoms with Crippen molar-refractivity contribution in [3.8, 4) is 0 Å². The van der Waals surface area contributed by atoms with E-state index in [0.717, 1.165) is 10.8 Å². The summed E-state index contributed by atoms with van der Waals surface area (Å²) in [6.45, 7) is 4.58. The molecule has 0 saturated heterocycles. The highest BCUT2D eigenvalue weighted by atomic mass is 32.1. The first-order valence-corrected chi connectivity index (χ1v) is 4.97. The van der Waals surface area contributed by atoms with Gasteiger partial charge in [-0.2, -0.15) is 5.21 Å². The molecule has 0 saturated carbocycles. The van der Waals surface area contributed by atoms with Gasteiger partial charge in [-0.05, 0) is 13.8 Å². The summed E-state index contributed by atoms with van der Waals surface area (Å²) >= 11 is 1.63. The highest BCUT2D eigenvalue weighted by molar-refractivity contribution is 7.15. The van der Waals surface area contributed by atoms with E-state index in [1.165, 1.54) is 4.88 Å². The summed E-state index contributed by atoms with van der Waals surface area (Å²) in [6.07, 6.45) is 0. The maximum absolute atomic E-state index is 4.33. The first kappa shape index (κ1) is 9.07. The molecule has 0 aliphatic carbocycles. The second-order valence-corrected chi connectivity index (χ2v) is 4.05. The van der Waals surface area contributed by atoms with E-state index >= 15 is 0 Å². The van der Waals surface area contributed by atoms with Crippen molar-refractivity contribution < 1.29 is 0 Å². The molecule has 2 rings (SSSR count). The molecule has 2 aromatic heterocycles. The summed E-state index contributed by atoms with van der Waals surface area (Å²) in [6, 6.07) is 0. The molecule has 0 aromatic carbocycles. The lowest BCUT2D eigenvalue weighted by Gasteiger charge is -1.95. The highest BCUT2D eigenvalue weighted by Crippen LogP contribution is 2.21. The second-order valence-electron chi connectivity index (χ2n) is 2.84. The predicted octanol–water partition coefficient (Wildman–Crippen LogP) is 0.885. The van der Waals surface area contributed by atoms with E-state index in [-0.39, 0.29) is 0 Å². The number of rotatable bonds is 3. The number of H-pyrrole nitrogens is 1. The van der Waals surface area contributed by atoms with Crippen LogP contribution in [0.5, 0.6) is 0 Å². The zero-order chi connectivity index (χ0) is 9.97. The quantitative estimate of drug-likeness (QED) is 0.786. The Morgan fingerprint density at radius 1 is 1.43 bits per heavy atom. The van der Waals surface area contributed by atoms with Crippen molar-refractivity contribution in [2.45, 2.75) is 20.4 Å². The lowest BCUT2D eigenvalue weighted by atomic mass is 10.4. The second kappa shape index (κ2) is 3.70. The molecule has 0 fully saturated rings. The lowest BCUT2D eigenvalue weighted by molar-refractivity contribution is 0.881. The van der Waals surface area contributed by atoms with Crippen LogP contribution in [-0.4, -0.2) is 25.6 Å². The summed E-state index contributed by atoms with van der Waals surface area (Å²) in [5, 5.41) is 17.5. The highest BCUT2D eigenvalue weighted by Gasteiger charge is 2.04. The molecule has 2 heterocycles. The molecule has 0 radical (unpaired) electrons. The average Bonchev–Trinajstić information content (AvgIpc) is 2.74. The van der Waals surface area contributed by atoms with Gasteiger partial charge in [-0.3, -0.25) is 0 Å². The topological polar surface area (TPSA) is 79.4 Å². The molecule has 7 heteroatoms. The van der Waals surface area contributed by atoms with Crippen molar-refractivity contribution in [3.63, 3.8) is 0 Å². The molecule has 0 amide bonds. The monoisotopic (exact) mass is 210 g/mol. The van der Waals surface area contributed by atoms with Crippen molar-refractivity contribution >= 4 is 16.5 Å². The predicted molar refractivity (Wildman–Crippen MR) is 53.1 cm³/mol. The molecular formula is C7H10N6S.